The van der Waals surface area contributed by atoms with Crippen LogP contribution in [0.25, 0.3) is 0 Å². The average Bonchev–Trinajstić information content (AvgIpc) is 3.13. The molecule has 4 rings (SSSR count). The van der Waals surface area contributed by atoms with Crippen LogP contribution in [0.1, 0.15) is 38.1 Å². The van der Waals surface area contributed by atoms with Gasteiger partial charge in [-0.15, -0.1) is 0 Å². The number of carbonyl (C=O) groups excluding carboxylic acids is 1. The maximum absolute atomic E-state index is 12.8. The van der Waals surface area contributed by atoms with Gasteiger partial charge in [-0.1, -0.05) is 18.2 Å². The minimum atomic E-state index is -0.840. The van der Waals surface area contributed by atoms with Crippen molar-refractivity contribution in [1.82, 2.24) is 0 Å². The summed E-state index contributed by atoms with van der Waals surface area (Å²) in [5, 5.41) is 0. The molecule has 1 aliphatic carbocycles. The van der Waals surface area contributed by atoms with Crippen LogP contribution in [-0.4, -0.2) is 55.2 Å². The zero-order valence-electron chi connectivity index (χ0n) is 16.7. The fraction of sp³-hybridized carbons (Fsp3) is 0.571. The minimum Gasteiger partial charge on any atom is -0.504 e. The summed E-state index contributed by atoms with van der Waals surface area (Å²) in [6, 6.07) is 8.85. The number of carbonyl (C=O) groups is 1. The molecule has 1 aromatic rings. The van der Waals surface area contributed by atoms with E-state index in [9.17, 15) is 4.79 Å². The second kappa shape index (κ2) is 6.84. The molecule has 0 radical (unpaired) electrons. The number of hydrogen-bond acceptors (Lipinski definition) is 7. The van der Waals surface area contributed by atoms with Crippen molar-refractivity contribution in [3.05, 3.63) is 47.7 Å². The summed E-state index contributed by atoms with van der Waals surface area (Å²) in [6.07, 6.45) is -1.10. The molecule has 3 aliphatic rings. The lowest BCUT2D eigenvalue weighted by Gasteiger charge is -2.38. The van der Waals surface area contributed by atoms with E-state index in [0.717, 1.165) is 5.57 Å². The molecule has 0 amide bonds. The third kappa shape index (κ3) is 3.43. The largest absolute Gasteiger partial charge is 0.504 e. The van der Waals surface area contributed by atoms with Gasteiger partial charge in [0.15, 0.2) is 17.7 Å². The third-order valence-corrected chi connectivity index (χ3v) is 5.07. The van der Waals surface area contributed by atoms with Crippen LogP contribution in [0.4, 0.5) is 0 Å². The molecule has 0 bridgehead atoms. The van der Waals surface area contributed by atoms with E-state index in [1.54, 1.807) is 37.6 Å². The Morgan fingerprint density at radius 3 is 1.96 bits per heavy atom. The Kier molecular flexibility index (Phi) is 4.74. The second-order valence-corrected chi connectivity index (χ2v) is 8.13. The second-order valence-electron chi connectivity index (χ2n) is 8.13. The van der Waals surface area contributed by atoms with Gasteiger partial charge in [0.1, 0.15) is 24.4 Å². The SMILES string of the molecule is COC=C1[C@@H]2OC(C)(C)O[C@@H]2C(OC(=O)c2ccccc2)[C@@H]2OC(C)(C)O[C@@H]12. The molecule has 5 atom stereocenters. The molecule has 7 nitrogen and oxygen atoms in total. The van der Waals surface area contributed by atoms with Crippen molar-refractivity contribution >= 4 is 5.97 Å². The van der Waals surface area contributed by atoms with Crippen LogP contribution in [0.5, 0.6) is 0 Å². The van der Waals surface area contributed by atoms with Crippen LogP contribution < -0.4 is 0 Å². The molecule has 1 aromatic carbocycles. The van der Waals surface area contributed by atoms with E-state index < -0.39 is 48.1 Å². The summed E-state index contributed by atoms with van der Waals surface area (Å²) in [4.78, 5) is 12.8. The van der Waals surface area contributed by atoms with Gasteiger partial charge in [-0.2, -0.15) is 0 Å². The van der Waals surface area contributed by atoms with Crippen LogP contribution in [-0.2, 0) is 28.4 Å². The monoisotopic (exact) mass is 390 g/mol. The Bertz CT molecular complexity index is 736. The van der Waals surface area contributed by atoms with Gasteiger partial charge in [0.25, 0.3) is 0 Å². The number of rotatable bonds is 3. The van der Waals surface area contributed by atoms with Gasteiger partial charge >= 0.3 is 5.97 Å². The van der Waals surface area contributed by atoms with Gasteiger partial charge in [-0.3, -0.25) is 0 Å². The molecule has 0 aromatic heterocycles. The molecule has 2 heterocycles. The van der Waals surface area contributed by atoms with Crippen LogP contribution in [0, 0.1) is 0 Å². The van der Waals surface area contributed by atoms with Crippen LogP contribution in [0.15, 0.2) is 42.2 Å². The molecule has 3 fully saturated rings. The average molecular weight is 390 g/mol. The highest BCUT2D eigenvalue weighted by Crippen LogP contribution is 2.47. The standard InChI is InChI=1S/C21H26O7/c1-20(2)25-14-13(11-23-5)15-18(28-21(3,4)26-15)16(17(14)27-20)24-19(22)12-9-7-6-8-10-12/h6-11,14-18H,1-5H3/t14-,15-,16?,17-,18+/m0/s1. The van der Waals surface area contributed by atoms with Crippen molar-refractivity contribution in [3.63, 3.8) is 0 Å². The summed E-state index contributed by atoms with van der Waals surface area (Å²) in [5.74, 6) is -2.12. The lowest BCUT2D eigenvalue weighted by atomic mass is 9.83. The first-order chi connectivity index (χ1) is 13.2. The first kappa shape index (κ1) is 19.4. The molecule has 0 N–H and O–H groups in total. The normalized spacial score (nSPS) is 36.6. The zero-order valence-corrected chi connectivity index (χ0v) is 16.7. The summed E-state index contributed by atoms with van der Waals surface area (Å²) in [6.45, 7) is 7.31. The highest BCUT2D eigenvalue weighted by atomic mass is 16.8. The topological polar surface area (TPSA) is 72.5 Å². The number of ether oxygens (including phenoxy) is 6. The van der Waals surface area contributed by atoms with E-state index >= 15 is 0 Å². The van der Waals surface area contributed by atoms with Gasteiger partial charge in [0.2, 0.25) is 0 Å². The van der Waals surface area contributed by atoms with E-state index in [-0.39, 0.29) is 0 Å². The fourth-order valence-electron chi connectivity index (χ4n) is 4.09. The summed E-state index contributed by atoms with van der Waals surface area (Å²) < 4.78 is 35.7. The summed E-state index contributed by atoms with van der Waals surface area (Å²) in [5.41, 5.74) is 1.24. The van der Waals surface area contributed by atoms with Gasteiger partial charge in [0.05, 0.1) is 18.9 Å². The first-order valence-corrected chi connectivity index (χ1v) is 9.41. The Hall–Kier alpha value is -1.93. The lowest BCUT2D eigenvalue weighted by Crippen LogP contribution is -2.56. The number of benzene rings is 1. The van der Waals surface area contributed by atoms with Crippen molar-refractivity contribution in [3.8, 4) is 0 Å². The molecule has 2 aliphatic heterocycles. The van der Waals surface area contributed by atoms with Crippen LogP contribution in [0.3, 0.4) is 0 Å². The quantitative estimate of drug-likeness (QED) is 0.580. The smallest absolute Gasteiger partial charge is 0.338 e. The molecule has 152 valence electrons. The Labute approximate surface area is 164 Å². The van der Waals surface area contributed by atoms with Crippen molar-refractivity contribution in [2.45, 2.75) is 69.8 Å². The van der Waals surface area contributed by atoms with Crippen molar-refractivity contribution in [2.24, 2.45) is 0 Å². The Morgan fingerprint density at radius 2 is 1.46 bits per heavy atom. The minimum absolute atomic E-state index is 0.441. The van der Waals surface area contributed by atoms with Gasteiger partial charge in [-0.25, -0.2) is 4.79 Å². The summed E-state index contributed by atoms with van der Waals surface area (Å²) in [7, 11) is 1.57. The Morgan fingerprint density at radius 1 is 0.929 bits per heavy atom. The van der Waals surface area contributed by atoms with E-state index in [1.165, 1.54) is 0 Å². The molecule has 1 unspecified atom stereocenters. The number of methoxy groups -OCH3 is 1. The maximum Gasteiger partial charge on any atom is 0.338 e. The molecular formula is C21H26O7. The molecule has 2 saturated heterocycles. The van der Waals surface area contributed by atoms with Crippen molar-refractivity contribution in [1.29, 1.82) is 0 Å². The molecular weight excluding hydrogens is 364 g/mol. The number of fused-ring (bicyclic) bond motifs is 2. The zero-order chi connectivity index (χ0) is 20.1. The van der Waals surface area contributed by atoms with Crippen LogP contribution >= 0.6 is 0 Å². The lowest BCUT2D eigenvalue weighted by molar-refractivity contribution is -0.180. The van der Waals surface area contributed by atoms with Gasteiger partial charge < -0.3 is 28.4 Å². The van der Waals surface area contributed by atoms with Crippen molar-refractivity contribution in [2.75, 3.05) is 7.11 Å². The van der Waals surface area contributed by atoms with Gasteiger partial charge in [0, 0.05) is 5.57 Å². The highest BCUT2D eigenvalue weighted by molar-refractivity contribution is 5.89. The molecule has 28 heavy (non-hydrogen) atoms. The van der Waals surface area contributed by atoms with Crippen molar-refractivity contribution < 1.29 is 33.2 Å². The predicted molar refractivity (Wildman–Crippen MR) is 98.4 cm³/mol. The van der Waals surface area contributed by atoms with Gasteiger partial charge in [-0.05, 0) is 39.8 Å². The Balaban J connectivity index is 1.69. The number of hydrogen-bond donors (Lipinski definition) is 0. The fourth-order valence-corrected chi connectivity index (χ4v) is 4.09. The molecule has 1 saturated carbocycles. The van der Waals surface area contributed by atoms with E-state index in [1.807, 2.05) is 33.8 Å². The predicted octanol–water partition coefficient (Wildman–Crippen LogP) is 2.80. The first-order valence-electron chi connectivity index (χ1n) is 9.41. The highest BCUT2D eigenvalue weighted by Gasteiger charge is 2.62. The van der Waals surface area contributed by atoms with E-state index in [0.29, 0.717) is 5.56 Å². The molecule has 0 spiro atoms. The van der Waals surface area contributed by atoms with E-state index in [4.69, 9.17) is 28.4 Å². The molecule has 7 heteroatoms. The number of esters is 1. The third-order valence-electron chi connectivity index (χ3n) is 5.07. The summed E-state index contributed by atoms with van der Waals surface area (Å²) >= 11 is 0. The van der Waals surface area contributed by atoms with E-state index in [2.05, 4.69) is 0 Å². The maximum atomic E-state index is 12.8. The van der Waals surface area contributed by atoms with Crippen LogP contribution in [0.2, 0.25) is 0 Å².